The van der Waals surface area contributed by atoms with Gasteiger partial charge in [-0.3, -0.25) is 4.79 Å². The van der Waals surface area contributed by atoms with Gasteiger partial charge in [0.05, 0.1) is 6.04 Å². The van der Waals surface area contributed by atoms with Crippen LogP contribution in [0.15, 0.2) is 0 Å². The Morgan fingerprint density at radius 1 is 1.28 bits per heavy atom. The number of piperidine rings is 2. The number of amides is 1. The minimum atomic E-state index is 0.0130. The van der Waals surface area contributed by atoms with Gasteiger partial charge >= 0.3 is 0 Å². The van der Waals surface area contributed by atoms with E-state index in [0.717, 1.165) is 25.9 Å². The van der Waals surface area contributed by atoms with Crippen LogP contribution in [0.4, 0.5) is 0 Å². The highest BCUT2D eigenvalue weighted by Crippen LogP contribution is 2.33. The molecular weight excluding hydrogens is 224 g/mol. The fraction of sp³-hybridized carbons (Fsp3) is 0.933. The fourth-order valence-electron chi connectivity index (χ4n) is 3.44. The summed E-state index contributed by atoms with van der Waals surface area (Å²) in [6, 6.07) is 0.407. The first-order chi connectivity index (χ1) is 8.43. The molecule has 3 atom stereocenters. The van der Waals surface area contributed by atoms with Crippen molar-refractivity contribution in [1.82, 2.24) is 10.2 Å². The van der Waals surface area contributed by atoms with E-state index in [-0.39, 0.29) is 11.5 Å². The molecule has 18 heavy (non-hydrogen) atoms. The molecular formula is C15H28N2O. The summed E-state index contributed by atoms with van der Waals surface area (Å²) >= 11 is 0. The molecule has 3 heteroatoms. The van der Waals surface area contributed by atoms with Crippen LogP contribution in [0.1, 0.15) is 53.4 Å². The molecule has 2 aliphatic rings. The molecule has 0 aromatic rings. The second kappa shape index (κ2) is 5.20. The highest BCUT2D eigenvalue weighted by atomic mass is 16.2. The molecule has 0 aromatic heterocycles. The van der Waals surface area contributed by atoms with Gasteiger partial charge in [-0.25, -0.2) is 0 Å². The molecule has 0 saturated carbocycles. The predicted molar refractivity (Wildman–Crippen MR) is 74.4 cm³/mol. The number of likely N-dealkylation sites (tertiary alicyclic amines) is 1. The lowest BCUT2D eigenvalue weighted by Gasteiger charge is -2.45. The van der Waals surface area contributed by atoms with E-state index in [1.54, 1.807) is 0 Å². The summed E-state index contributed by atoms with van der Waals surface area (Å²) in [7, 11) is 0. The Morgan fingerprint density at radius 2 is 2.00 bits per heavy atom. The summed E-state index contributed by atoms with van der Waals surface area (Å²) in [5.41, 5.74) is 0.0930. The summed E-state index contributed by atoms with van der Waals surface area (Å²) in [4.78, 5) is 14.9. The van der Waals surface area contributed by atoms with Crippen LogP contribution in [-0.2, 0) is 4.79 Å². The number of nitrogens with zero attached hydrogens (tertiary/aromatic N) is 1. The Morgan fingerprint density at radius 3 is 2.67 bits per heavy atom. The Labute approximate surface area is 111 Å². The zero-order valence-corrected chi connectivity index (χ0v) is 12.3. The number of hydrogen-bond donors (Lipinski definition) is 1. The first-order valence-corrected chi connectivity index (χ1v) is 7.47. The standard InChI is InChI=1S/C15H28N2O/c1-11-7-5-10-17(12(11)2)14(18)13-15(3,4)8-6-9-16-13/h11-13,16H,5-10H2,1-4H3. The highest BCUT2D eigenvalue weighted by Gasteiger charge is 2.41. The molecule has 0 spiro atoms. The quantitative estimate of drug-likeness (QED) is 0.777. The van der Waals surface area contributed by atoms with Gasteiger partial charge in [0.2, 0.25) is 5.91 Å². The van der Waals surface area contributed by atoms with Crippen LogP contribution in [0.25, 0.3) is 0 Å². The Bertz CT molecular complexity index is 314. The molecule has 3 nitrogen and oxygen atoms in total. The number of nitrogens with one attached hydrogen (secondary N) is 1. The van der Waals surface area contributed by atoms with Gasteiger partial charge in [0, 0.05) is 12.6 Å². The summed E-state index contributed by atoms with van der Waals surface area (Å²) in [6.45, 7) is 10.8. The molecule has 104 valence electrons. The van der Waals surface area contributed by atoms with Crippen LogP contribution < -0.4 is 5.32 Å². The van der Waals surface area contributed by atoms with Crippen molar-refractivity contribution in [2.45, 2.75) is 65.5 Å². The first-order valence-electron chi connectivity index (χ1n) is 7.47. The van der Waals surface area contributed by atoms with E-state index in [2.05, 4.69) is 37.9 Å². The van der Waals surface area contributed by atoms with Crippen LogP contribution in [0.5, 0.6) is 0 Å². The van der Waals surface area contributed by atoms with E-state index < -0.39 is 0 Å². The van der Waals surface area contributed by atoms with E-state index in [1.807, 2.05) is 0 Å². The van der Waals surface area contributed by atoms with Gasteiger partial charge < -0.3 is 10.2 Å². The van der Waals surface area contributed by atoms with E-state index in [9.17, 15) is 4.79 Å². The zero-order valence-electron chi connectivity index (χ0n) is 12.3. The predicted octanol–water partition coefficient (Wildman–Crippen LogP) is 2.41. The van der Waals surface area contributed by atoms with Gasteiger partial charge in [-0.15, -0.1) is 0 Å². The number of carbonyl (C=O) groups is 1. The third-order valence-corrected chi connectivity index (χ3v) is 5.03. The molecule has 2 saturated heterocycles. The maximum atomic E-state index is 12.8. The lowest BCUT2D eigenvalue weighted by atomic mass is 9.76. The Hall–Kier alpha value is -0.570. The Balaban J connectivity index is 2.10. The van der Waals surface area contributed by atoms with Crippen molar-refractivity contribution in [3.8, 4) is 0 Å². The molecule has 0 aliphatic carbocycles. The van der Waals surface area contributed by atoms with Gasteiger partial charge in [0.15, 0.2) is 0 Å². The molecule has 1 amide bonds. The third-order valence-electron chi connectivity index (χ3n) is 5.03. The van der Waals surface area contributed by atoms with Crippen molar-refractivity contribution in [3.05, 3.63) is 0 Å². The van der Waals surface area contributed by atoms with Crippen LogP contribution in [0.3, 0.4) is 0 Å². The number of carbonyl (C=O) groups excluding carboxylic acids is 1. The lowest BCUT2D eigenvalue weighted by molar-refractivity contribution is -0.142. The minimum absolute atomic E-state index is 0.0130. The van der Waals surface area contributed by atoms with Crippen molar-refractivity contribution in [3.63, 3.8) is 0 Å². The second-order valence-corrected chi connectivity index (χ2v) is 6.87. The van der Waals surface area contributed by atoms with E-state index >= 15 is 0 Å². The molecule has 0 bridgehead atoms. The van der Waals surface area contributed by atoms with Crippen molar-refractivity contribution in [2.75, 3.05) is 13.1 Å². The monoisotopic (exact) mass is 252 g/mol. The van der Waals surface area contributed by atoms with Crippen LogP contribution in [-0.4, -0.2) is 36.0 Å². The molecule has 2 fully saturated rings. The summed E-state index contributed by atoms with van der Waals surface area (Å²) in [5, 5.41) is 3.45. The minimum Gasteiger partial charge on any atom is -0.338 e. The molecule has 0 aromatic carbocycles. The summed E-state index contributed by atoms with van der Waals surface area (Å²) in [6.07, 6.45) is 4.74. The summed E-state index contributed by atoms with van der Waals surface area (Å²) < 4.78 is 0. The average Bonchev–Trinajstić information content (AvgIpc) is 2.31. The number of rotatable bonds is 1. The van der Waals surface area contributed by atoms with E-state index in [1.165, 1.54) is 12.8 Å². The molecule has 2 rings (SSSR count). The average molecular weight is 252 g/mol. The topological polar surface area (TPSA) is 32.3 Å². The van der Waals surface area contributed by atoms with Gasteiger partial charge in [0.25, 0.3) is 0 Å². The molecule has 3 unspecified atom stereocenters. The molecule has 0 radical (unpaired) electrons. The lowest BCUT2D eigenvalue weighted by Crippen LogP contribution is -2.59. The Kier molecular flexibility index (Phi) is 4.00. The van der Waals surface area contributed by atoms with Gasteiger partial charge in [-0.05, 0) is 50.5 Å². The normalized spacial score (nSPS) is 36.4. The maximum absolute atomic E-state index is 12.8. The van der Waals surface area contributed by atoms with Crippen molar-refractivity contribution in [1.29, 1.82) is 0 Å². The zero-order chi connectivity index (χ0) is 13.3. The smallest absolute Gasteiger partial charge is 0.240 e. The highest BCUT2D eigenvalue weighted by molar-refractivity contribution is 5.83. The first kappa shape index (κ1) is 13.9. The van der Waals surface area contributed by atoms with Crippen molar-refractivity contribution in [2.24, 2.45) is 11.3 Å². The van der Waals surface area contributed by atoms with Crippen LogP contribution in [0, 0.1) is 11.3 Å². The van der Waals surface area contributed by atoms with Gasteiger partial charge in [-0.1, -0.05) is 20.8 Å². The van der Waals surface area contributed by atoms with Gasteiger partial charge in [-0.2, -0.15) is 0 Å². The van der Waals surface area contributed by atoms with E-state index in [4.69, 9.17) is 0 Å². The fourth-order valence-corrected chi connectivity index (χ4v) is 3.44. The van der Waals surface area contributed by atoms with Crippen LogP contribution >= 0.6 is 0 Å². The second-order valence-electron chi connectivity index (χ2n) is 6.87. The van der Waals surface area contributed by atoms with Gasteiger partial charge in [0.1, 0.15) is 0 Å². The molecule has 2 heterocycles. The van der Waals surface area contributed by atoms with E-state index in [0.29, 0.717) is 17.9 Å². The van der Waals surface area contributed by atoms with Crippen molar-refractivity contribution < 1.29 is 4.79 Å². The SMILES string of the molecule is CC1CCCN(C(=O)C2NCCCC2(C)C)C1C. The molecule has 1 N–H and O–H groups in total. The largest absolute Gasteiger partial charge is 0.338 e. The maximum Gasteiger partial charge on any atom is 0.240 e. The third kappa shape index (κ3) is 2.56. The van der Waals surface area contributed by atoms with Crippen LogP contribution in [0.2, 0.25) is 0 Å². The summed E-state index contributed by atoms with van der Waals surface area (Å²) in [5.74, 6) is 0.966. The van der Waals surface area contributed by atoms with Crippen molar-refractivity contribution >= 4 is 5.91 Å². The number of hydrogen-bond acceptors (Lipinski definition) is 2. The molecule has 2 aliphatic heterocycles.